The van der Waals surface area contributed by atoms with E-state index in [0.717, 1.165) is 28.2 Å². The van der Waals surface area contributed by atoms with E-state index < -0.39 is 0 Å². The van der Waals surface area contributed by atoms with Gasteiger partial charge in [0.15, 0.2) is 5.69 Å². The number of aromatic nitrogens is 3. The van der Waals surface area contributed by atoms with E-state index in [-0.39, 0.29) is 11.8 Å². The van der Waals surface area contributed by atoms with Gasteiger partial charge in [-0.25, -0.2) is 4.68 Å². The Labute approximate surface area is 147 Å². The normalized spacial score (nSPS) is 10.9. The third-order valence-electron chi connectivity index (χ3n) is 4.19. The molecule has 0 saturated heterocycles. The highest BCUT2D eigenvalue weighted by molar-refractivity contribution is 6.04. The van der Waals surface area contributed by atoms with Crippen molar-refractivity contribution < 1.29 is 4.79 Å². The number of carbonyl (C=O) groups excluding carboxylic acids is 1. The zero-order valence-electron chi connectivity index (χ0n) is 14.9. The van der Waals surface area contributed by atoms with Crippen LogP contribution in [0.1, 0.15) is 47.1 Å². The number of rotatable bonds is 4. The molecule has 5 heteroatoms. The van der Waals surface area contributed by atoms with Gasteiger partial charge in [-0.15, -0.1) is 5.10 Å². The minimum atomic E-state index is -0.233. The molecule has 0 unspecified atom stereocenters. The Balaban J connectivity index is 2.00. The molecule has 0 fully saturated rings. The molecular formula is C20H22N4O. The van der Waals surface area contributed by atoms with Crippen LogP contribution in [0.25, 0.3) is 5.69 Å². The molecule has 0 bridgehead atoms. The van der Waals surface area contributed by atoms with Gasteiger partial charge in [-0.05, 0) is 43.0 Å². The second-order valence-electron chi connectivity index (χ2n) is 6.45. The maximum atomic E-state index is 12.9. The van der Waals surface area contributed by atoms with Crippen molar-refractivity contribution in [1.29, 1.82) is 0 Å². The molecule has 1 heterocycles. The van der Waals surface area contributed by atoms with Crippen molar-refractivity contribution in [3.8, 4) is 5.69 Å². The van der Waals surface area contributed by atoms with Gasteiger partial charge in [0.1, 0.15) is 0 Å². The molecule has 0 aliphatic heterocycles. The number of amides is 1. The summed E-state index contributed by atoms with van der Waals surface area (Å²) in [7, 11) is 0. The monoisotopic (exact) mass is 334 g/mol. The molecule has 0 saturated carbocycles. The molecule has 1 amide bonds. The van der Waals surface area contributed by atoms with Crippen LogP contribution in [0, 0.1) is 13.8 Å². The minimum Gasteiger partial charge on any atom is -0.320 e. The Morgan fingerprint density at radius 2 is 1.64 bits per heavy atom. The smallest absolute Gasteiger partial charge is 0.278 e. The Hall–Kier alpha value is -2.95. The average molecular weight is 334 g/mol. The highest BCUT2D eigenvalue weighted by Gasteiger charge is 2.23. The van der Waals surface area contributed by atoms with Gasteiger partial charge >= 0.3 is 0 Å². The van der Waals surface area contributed by atoms with Gasteiger partial charge in [0.2, 0.25) is 0 Å². The predicted molar refractivity (Wildman–Crippen MR) is 99.3 cm³/mol. The average Bonchev–Trinajstić information content (AvgIpc) is 3.04. The van der Waals surface area contributed by atoms with Crippen molar-refractivity contribution in [2.24, 2.45) is 0 Å². The van der Waals surface area contributed by atoms with Crippen LogP contribution in [0.15, 0.2) is 48.5 Å². The van der Waals surface area contributed by atoms with Crippen LogP contribution >= 0.6 is 0 Å². The maximum absolute atomic E-state index is 12.9. The van der Waals surface area contributed by atoms with Gasteiger partial charge in [-0.2, -0.15) is 0 Å². The Kier molecular flexibility index (Phi) is 4.65. The molecule has 0 aliphatic rings. The van der Waals surface area contributed by atoms with Crippen LogP contribution in [0.3, 0.4) is 0 Å². The van der Waals surface area contributed by atoms with Crippen molar-refractivity contribution >= 4 is 11.6 Å². The summed E-state index contributed by atoms with van der Waals surface area (Å²) in [5.41, 5.74) is 4.93. The van der Waals surface area contributed by atoms with Gasteiger partial charge in [0.05, 0.1) is 11.4 Å². The molecule has 128 valence electrons. The van der Waals surface area contributed by atoms with Gasteiger partial charge in [-0.1, -0.05) is 55.5 Å². The van der Waals surface area contributed by atoms with E-state index >= 15 is 0 Å². The van der Waals surface area contributed by atoms with Gasteiger partial charge < -0.3 is 5.32 Å². The SMILES string of the molecule is Cc1cccc(C)c1NC(=O)c1nnn(-c2ccccc2)c1C(C)C. The zero-order valence-corrected chi connectivity index (χ0v) is 14.9. The maximum Gasteiger partial charge on any atom is 0.278 e. The van der Waals surface area contributed by atoms with E-state index in [0.29, 0.717) is 5.69 Å². The fourth-order valence-electron chi connectivity index (χ4n) is 2.91. The number of aryl methyl sites for hydroxylation is 2. The Morgan fingerprint density at radius 1 is 1.00 bits per heavy atom. The number of para-hydroxylation sites is 2. The van der Waals surface area contributed by atoms with Crippen LogP contribution in [0.4, 0.5) is 5.69 Å². The standard InChI is InChI=1S/C20H22N4O/c1-13(2)19-18(22-23-24(19)16-11-6-5-7-12-16)20(25)21-17-14(3)9-8-10-15(17)4/h5-13H,1-4H3,(H,21,25). The summed E-state index contributed by atoms with van der Waals surface area (Å²) in [6.45, 7) is 8.03. The van der Waals surface area contributed by atoms with Crippen molar-refractivity contribution in [3.05, 3.63) is 71.0 Å². The summed E-state index contributed by atoms with van der Waals surface area (Å²) < 4.78 is 1.74. The third kappa shape index (κ3) is 3.31. The summed E-state index contributed by atoms with van der Waals surface area (Å²) in [5.74, 6) is -0.128. The number of nitrogens with zero attached hydrogens (tertiary/aromatic N) is 3. The van der Waals surface area contributed by atoms with E-state index in [1.807, 2.05) is 76.2 Å². The van der Waals surface area contributed by atoms with Gasteiger partial charge in [-0.3, -0.25) is 4.79 Å². The molecular weight excluding hydrogens is 312 g/mol. The first-order valence-corrected chi connectivity index (χ1v) is 8.37. The minimum absolute atomic E-state index is 0.105. The molecule has 25 heavy (non-hydrogen) atoms. The van der Waals surface area contributed by atoms with Crippen LogP contribution in [-0.2, 0) is 0 Å². The quantitative estimate of drug-likeness (QED) is 0.775. The fraction of sp³-hybridized carbons (Fsp3) is 0.250. The summed E-state index contributed by atoms with van der Waals surface area (Å²) in [6.07, 6.45) is 0. The van der Waals surface area contributed by atoms with E-state index in [9.17, 15) is 4.79 Å². The molecule has 0 aliphatic carbocycles. The lowest BCUT2D eigenvalue weighted by Crippen LogP contribution is -2.17. The van der Waals surface area contributed by atoms with Crippen molar-refractivity contribution in [2.45, 2.75) is 33.6 Å². The summed E-state index contributed by atoms with van der Waals surface area (Å²) in [4.78, 5) is 12.9. The molecule has 3 aromatic rings. The van der Waals surface area contributed by atoms with Crippen LogP contribution in [0.2, 0.25) is 0 Å². The summed E-state index contributed by atoms with van der Waals surface area (Å²) >= 11 is 0. The molecule has 3 rings (SSSR count). The van der Waals surface area contributed by atoms with Crippen molar-refractivity contribution in [2.75, 3.05) is 5.32 Å². The summed E-state index contributed by atoms with van der Waals surface area (Å²) in [5, 5.41) is 11.4. The second-order valence-corrected chi connectivity index (χ2v) is 6.45. The largest absolute Gasteiger partial charge is 0.320 e. The Bertz CT molecular complexity index is 877. The van der Waals surface area contributed by atoms with Gasteiger partial charge in [0, 0.05) is 5.69 Å². The molecule has 0 atom stereocenters. The van der Waals surface area contributed by atoms with E-state index in [2.05, 4.69) is 15.6 Å². The summed E-state index contributed by atoms with van der Waals surface area (Å²) in [6, 6.07) is 15.7. The number of nitrogens with one attached hydrogen (secondary N) is 1. The van der Waals surface area contributed by atoms with E-state index in [4.69, 9.17) is 0 Å². The van der Waals surface area contributed by atoms with Gasteiger partial charge in [0.25, 0.3) is 5.91 Å². The first-order chi connectivity index (χ1) is 12.0. The lowest BCUT2D eigenvalue weighted by atomic mass is 10.1. The molecule has 1 N–H and O–H groups in total. The van der Waals surface area contributed by atoms with Crippen LogP contribution in [-0.4, -0.2) is 20.9 Å². The second kappa shape index (κ2) is 6.89. The van der Waals surface area contributed by atoms with Crippen molar-refractivity contribution in [1.82, 2.24) is 15.0 Å². The molecule has 0 radical (unpaired) electrons. The third-order valence-corrected chi connectivity index (χ3v) is 4.19. The first kappa shape index (κ1) is 16.9. The zero-order chi connectivity index (χ0) is 18.0. The lowest BCUT2D eigenvalue weighted by molar-refractivity contribution is 0.102. The van der Waals surface area contributed by atoms with Crippen molar-refractivity contribution in [3.63, 3.8) is 0 Å². The number of hydrogen-bond donors (Lipinski definition) is 1. The first-order valence-electron chi connectivity index (χ1n) is 8.37. The van der Waals surface area contributed by atoms with Crippen LogP contribution < -0.4 is 5.32 Å². The molecule has 5 nitrogen and oxygen atoms in total. The number of hydrogen-bond acceptors (Lipinski definition) is 3. The number of benzene rings is 2. The topological polar surface area (TPSA) is 59.8 Å². The molecule has 1 aromatic heterocycles. The highest BCUT2D eigenvalue weighted by atomic mass is 16.2. The predicted octanol–water partition coefficient (Wildman–Crippen LogP) is 4.26. The molecule has 2 aromatic carbocycles. The van der Waals surface area contributed by atoms with E-state index in [1.54, 1.807) is 4.68 Å². The van der Waals surface area contributed by atoms with E-state index in [1.165, 1.54) is 0 Å². The highest BCUT2D eigenvalue weighted by Crippen LogP contribution is 2.24. The lowest BCUT2D eigenvalue weighted by Gasteiger charge is -2.13. The number of carbonyl (C=O) groups is 1. The fourth-order valence-corrected chi connectivity index (χ4v) is 2.91. The Morgan fingerprint density at radius 3 is 2.24 bits per heavy atom. The number of anilines is 1. The van der Waals surface area contributed by atoms with Crippen LogP contribution in [0.5, 0.6) is 0 Å². The molecule has 0 spiro atoms.